The Labute approximate surface area is 171 Å². The lowest BCUT2D eigenvalue weighted by atomic mass is 9.97. The Morgan fingerprint density at radius 3 is 2.79 bits per heavy atom. The number of thiophene rings is 2. The number of aryl methyl sites for hydroxylation is 2. The fraction of sp³-hybridized carbons (Fsp3) is 0.273. The van der Waals surface area contributed by atoms with Gasteiger partial charge in [0.1, 0.15) is 10.7 Å². The minimum absolute atomic E-state index is 0.00795. The zero-order valence-corrected chi connectivity index (χ0v) is 17.0. The normalized spacial score (nSPS) is 14.9. The summed E-state index contributed by atoms with van der Waals surface area (Å²) >= 11 is 3.43. The number of fused-ring (bicyclic) bond motifs is 3. The Morgan fingerprint density at radius 1 is 1.11 bits per heavy atom. The van der Waals surface area contributed by atoms with Crippen LogP contribution in [-0.2, 0) is 19.4 Å². The number of nitrogens with zero attached hydrogens (tertiary/aromatic N) is 1. The molecule has 6 heteroatoms. The average Bonchev–Trinajstić information content (AvgIpc) is 3.37. The lowest BCUT2D eigenvalue weighted by Gasteiger charge is -2.17. The van der Waals surface area contributed by atoms with Crippen LogP contribution in [0, 0.1) is 0 Å². The highest BCUT2D eigenvalue weighted by Gasteiger charge is 2.20. The van der Waals surface area contributed by atoms with Gasteiger partial charge < -0.3 is 4.98 Å². The Morgan fingerprint density at radius 2 is 1.96 bits per heavy atom. The van der Waals surface area contributed by atoms with Crippen LogP contribution in [0.3, 0.4) is 0 Å². The Balaban J connectivity index is 1.45. The summed E-state index contributed by atoms with van der Waals surface area (Å²) in [6.45, 7) is 0.519. The van der Waals surface area contributed by atoms with Crippen LogP contribution in [0.25, 0.3) is 10.2 Å². The van der Waals surface area contributed by atoms with Gasteiger partial charge in [-0.25, -0.2) is 4.98 Å². The van der Waals surface area contributed by atoms with Crippen LogP contribution in [0.4, 0.5) is 0 Å². The Hall–Kier alpha value is -2.28. The van der Waals surface area contributed by atoms with Crippen molar-refractivity contribution in [1.29, 1.82) is 0 Å². The number of hydrogen-bond donors (Lipinski definition) is 2. The van der Waals surface area contributed by atoms with Gasteiger partial charge in [-0.2, -0.15) is 0 Å². The quantitative estimate of drug-likeness (QED) is 0.499. The van der Waals surface area contributed by atoms with Crippen molar-refractivity contribution < 1.29 is 0 Å². The van der Waals surface area contributed by atoms with E-state index in [1.807, 2.05) is 6.07 Å². The summed E-state index contributed by atoms with van der Waals surface area (Å²) in [5, 5.41) is 6.50. The number of hydrogen-bond acceptors (Lipinski definition) is 5. The highest BCUT2D eigenvalue weighted by Crippen LogP contribution is 2.33. The standard InChI is InChI=1S/C22H21N3OS2/c26-21-19-15-9-4-5-10-16(15)28-22(19)25-18(24-21)13-23-20(17-11-6-12-27-17)14-7-2-1-3-8-14/h1-3,6-8,11-12,20,23H,4-5,9-10,13H2,(H,24,25,26)/t20-/m0/s1. The van der Waals surface area contributed by atoms with Gasteiger partial charge in [0.2, 0.25) is 0 Å². The smallest absolute Gasteiger partial charge is 0.259 e. The Kier molecular flexibility index (Phi) is 4.84. The first kappa shape index (κ1) is 17.8. The molecule has 1 aliphatic rings. The summed E-state index contributed by atoms with van der Waals surface area (Å²) in [5.41, 5.74) is 2.45. The van der Waals surface area contributed by atoms with E-state index in [1.165, 1.54) is 33.7 Å². The number of aromatic nitrogens is 2. The summed E-state index contributed by atoms with van der Waals surface area (Å²) in [6, 6.07) is 14.7. The predicted molar refractivity (Wildman–Crippen MR) is 116 cm³/mol. The first-order valence-electron chi connectivity index (χ1n) is 9.65. The molecule has 1 aliphatic carbocycles. The molecule has 0 spiro atoms. The molecule has 0 bridgehead atoms. The molecule has 3 heterocycles. The summed E-state index contributed by atoms with van der Waals surface area (Å²) in [5.74, 6) is 0.702. The molecule has 0 saturated carbocycles. The molecule has 2 N–H and O–H groups in total. The molecule has 3 aromatic heterocycles. The molecule has 0 saturated heterocycles. The van der Waals surface area contributed by atoms with E-state index < -0.39 is 0 Å². The van der Waals surface area contributed by atoms with Crippen molar-refractivity contribution in [1.82, 2.24) is 15.3 Å². The first-order chi connectivity index (χ1) is 13.8. The van der Waals surface area contributed by atoms with Crippen LogP contribution in [0.2, 0.25) is 0 Å². The minimum Gasteiger partial charge on any atom is -0.309 e. The minimum atomic E-state index is 0.00795. The maximum atomic E-state index is 12.8. The zero-order valence-electron chi connectivity index (χ0n) is 15.4. The van der Waals surface area contributed by atoms with Gasteiger partial charge in [0.25, 0.3) is 5.56 Å². The average molecular weight is 408 g/mol. The second-order valence-corrected chi connectivity index (χ2v) is 9.21. The van der Waals surface area contributed by atoms with Gasteiger partial charge in [0, 0.05) is 9.75 Å². The van der Waals surface area contributed by atoms with Crippen LogP contribution in [0.5, 0.6) is 0 Å². The predicted octanol–water partition coefficient (Wildman–Crippen LogP) is 4.80. The maximum absolute atomic E-state index is 12.8. The summed E-state index contributed by atoms with van der Waals surface area (Å²) in [4.78, 5) is 24.1. The molecule has 4 nitrogen and oxygen atoms in total. The van der Waals surface area contributed by atoms with Crippen LogP contribution < -0.4 is 10.9 Å². The molecule has 0 aliphatic heterocycles. The van der Waals surface area contributed by atoms with E-state index in [4.69, 9.17) is 4.98 Å². The Bertz CT molecular complexity index is 1150. The third kappa shape index (κ3) is 3.32. The number of benzene rings is 1. The van der Waals surface area contributed by atoms with Crippen LogP contribution >= 0.6 is 22.7 Å². The number of rotatable bonds is 5. The largest absolute Gasteiger partial charge is 0.309 e. The molecule has 0 amide bonds. The molecular weight excluding hydrogens is 386 g/mol. The second-order valence-electron chi connectivity index (χ2n) is 7.14. The number of nitrogens with one attached hydrogen (secondary N) is 2. The van der Waals surface area contributed by atoms with Crippen molar-refractivity contribution in [3.63, 3.8) is 0 Å². The van der Waals surface area contributed by atoms with Gasteiger partial charge in [0.05, 0.1) is 18.0 Å². The van der Waals surface area contributed by atoms with Gasteiger partial charge in [-0.15, -0.1) is 22.7 Å². The fourth-order valence-electron chi connectivity index (χ4n) is 3.97. The topological polar surface area (TPSA) is 57.8 Å². The summed E-state index contributed by atoms with van der Waals surface area (Å²) in [7, 11) is 0. The van der Waals surface area contributed by atoms with Crippen molar-refractivity contribution in [3.05, 3.63) is 84.9 Å². The van der Waals surface area contributed by atoms with Gasteiger partial charge in [-0.1, -0.05) is 36.4 Å². The molecule has 4 aromatic rings. The SMILES string of the molecule is O=c1[nH]c(CN[C@@H](c2ccccc2)c2cccs2)nc2sc3c(c12)CCCC3. The number of H-pyrrole nitrogens is 1. The lowest BCUT2D eigenvalue weighted by molar-refractivity contribution is 0.594. The van der Waals surface area contributed by atoms with Gasteiger partial charge in [0.15, 0.2) is 0 Å². The highest BCUT2D eigenvalue weighted by molar-refractivity contribution is 7.18. The molecule has 0 fully saturated rings. The van der Waals surface area contributed by atoms with Crippen molar-refractivity contribution in [2.45, 2.75) is 38.3 Å². The molecule has 142 valence electrons. The molecule has 28 heavy (non-hydrogen) atoms. The fourth-order valence-corrected chi connectivity index (χ4v) is 6.08. The van der Waals surface area contributed by atoms with Crippen molar-refractivity contribution >= 4 is 32.9 Å². The lowest BCUT2D eigenvalue weighted by Crippen LogP contribution is -2.24. The summed E-state index contributed by atoms with van der Waals surface area (Å²) in [6.07, 6.45) is 4.47. The van der Waals surface area contributed by atoms with E-state index in [0.717, 1.165) is 23.1 Å². The second kappa shape index (κ2) is 7.62. The van der Waals surface area contributed by atoms with Crippen LogP contribution in [0.1, 0.15) is 45.6 Å². The number of aromatic amines is 1. The van der Waals surface area contributed by atoms with E-state index in [2.05, 4.69) is 52.1 Å². The first-order valence-corrected chi connectivity index (χ1v) is 11.3. The van der Waals surface area contributed by atoms with E-state index in [0.29, 0.717) is 12.4 Å². The monoisotopic (exact) mass is 407 g/mol. The van der Waals surface area contributed by atoms with Gasteiger partial charge >= 0.3 is 0 Å². The third-order valence-corrected chi connectivity index (χ3v) is 7.43. The highest BCUT2D eigenvalue weighted by atomic mass is 32.1. The zero-order chi connectivity index (χ0) is 18.9. The van der Waals surface area contributed by atoms with Crippen molar-refractivity contribution in [3.8, 4) is 0 Å². The van der Waals surface area contributed by atoms with E-state index in [1.54, 1.807) is 22.7 Å². The molecule has 0 unspecified atom stereocenters. The molecular formula is C22H21N3OS2. The van der Waals surface area contributed by atoms with Crippen LogP contribution in [0.15, 0.2) is 52.6 Å². The third-order valence-electron chi connectivity index (χ3n) is 5.31. The van der Waals surface area contributed by atoms with Crippen LogP contribution in [-0.4, -0.2) is 9.97 Å². The van der Waals surface area contributed by atoms with E-state index >= 15 is 0 Å². The van der Waals surface area contributed by atoms with Crippen molar-refractivity contribution in [2.24, 2.45) is 0 Å². The maximum Gasteiger partial charge on any atom is 0.259 e. The van der Waals surface area contributed by atoms with E-state index in [9.17, 15) is 4.79 Å². The molecule has 1 aromatic carbocycles. The molecule has 1 atom stereocenters. The van der Waals surface area contributed by atoms with Gasteiger partial charge in [-0.05, 0) is 48.3 Å². The van der Waals surface area contributed by atoms with Gasteiger partial charge in [-0.3, -0.25) is 10.1 Å². The van der Waals surface area contributed by atoms with Crippen molar-refractivity contribution in [2.75, 3.05) is 0 Å². The van der Waals surface area contributed by atoms with E-state index in [-0.39, 0.29) is 11.6 Å². The summed E-state index contributed by atoms with van der Waals surface area (Å²) < 4.78 is 0. The molecule has 0 radical (unpaired) electrons. The molecule has 5 rings (SSSR count).